The Kier molecular flexibility index (Phi) is 2.93. The summed E-state index contributed by atoms with van der Waals surface area (Å²) >= 11 is 10.9. The van der Waals surface area contributed by atoms with Gasteiger partial charge in [0.25, 0.3) is 0 Å². The molecule has 84 valence electrons. The van der Waals surface area contributed by atoms with Crippen molar-refractivity contribution >= 4 is 41.0 Å². The lowest BCUT2D eigenvalue weighted by atomic mass is 10.4. The standard InChI is InChI=1S/C9H8ClN3O2S/c1-15-7(14)4-13-8-6(12-9(13)16)2-5(10)3-11-8/h2-3H,4H2,1H3,(H,12,16). The summed E-state index contributed by atoms with van der Waals surface area (Å²) < 4.78 is 6.55. The van der Waals surface area contributed by atoms with Gasteiger partial charge in [-0.05, 0) is 18.3 Å². The molecule has 0 saturated heterocycles. The number of imidazole rings is 1. The van der Waals surface area contributed by atoms with Crippen molar-refractivity contribution in [2.45, 2.75) is 6.54 Å². The number of hydrogen-bond donors (Lipinski definition) is 1. The molecule has 2 heterocycles. The highest BCUT2D eigenvalue weighted by molar-refractivity contribution is 7.71. The fraction of sp³-hybridized carbons (Fsp3) is 0.222. The van der Waals surface area contributed by atoms with E-state index in [-0.39, 0.29) is 12.5 Å². The third kappa shape index (κ3) is 1.94. The second-order valence-corrected chi connectivity index (χ2v) is 3.94. The maximum atomic E-state index is 11.2. The van der Waals surface area contributed by atoms with Gasteiger partial charge in [0.2, 0.25) is 0 Å². The minimum atomic E-state index is -0.381. The lowest BCUT2D eigenvalue weighted by molar-refractivity contribution is -0.141. The van der Waals surface area contributed by atoms with Crippen molar-refractivity contribution in [3.8, 4) is 0 Å². The van der Waals surface area contributed by atoms with Gasteiger partial charge in [0, 0.05) is 6.20 Å². The summed E-state index contributed by atoms with van der Waals surface area (Å²) in [5.41, 5.74) is 1.28. The van der Waals surface area contributed by atoms with Gasteiger partial charge < -0.3 is 9.72 Å². The molecule has 2 aromatic heterocycles. The number of nitrogens with zero attached hydrogens (tertiary/aromatic N) is 2. The van der Waals surface area contributed by atoms with Crippen LogP contribution in [0.3, 0.4) is 0 Å². The molecular weight excluding hydrogens is 250 g/mol. The summed E-state index contributed by atoms with van der Waals surface area (Å²) in [6.07, 6.45) is 1.50. The summed E-state index contributed by atoms with van der Waals surface area (Å²) in [6, 6.07) is 1.70. The number of fused-ring (bicyclic) bond motifs is 1. The molecule has 0 aliphatic carbocycles. The molecule has 7 heteroatoms. The van der Waals surface area contributed by atoms with Gasteiger partial charge in [0.05, 0.1) is 17.6 Å². The summed E-state index contributed by atoms with van der Waals surface area (Å²) in [7, 11) is 1.32. The zero-order valence-electron chi connectivity index (χ0n) is 8.36. The maximum absolute atomic E-state index is 11.2. The zero-order valence-corrected chi connectivity index (χ0v) is 9.93. The van der Waals surface area contributed by atoms with Crippen LogP contribution in [0, 0.1) is 4.77 Å². The van der Waals surface area contributed by atoms with Gasteiger partial charge in [-0.3, -0.25) is 9.36 Å². The average molecular weight is 258 g/mol. The van der Waals surface area contributed by atoms with Crippen LogP contribution in [0.4, 0.5) is 0 Å². The van der Waals surface area contributed by atoms with Crippen molar-refractivity contribution in [1.29, 1.82) is 0 Å². The normalized spacial score (nSPS) is 10.6. The number of aromatic amines is 1. The van der Waals surface area contributed by atoms with Gasteiger partial charge in [-0.25, -0.2) is 4.98 Å². The quantitative estimate of drug-likeness (QED) is 0.660. The number of H-pyrrole nitrogens is 1. The Hall–Kier alpha value is -1.40. The Balaban J connectivity index is 2.56. The van der Waals surface area contributed by atoms with Crippen molar-refractivity contribution in [3.05, 3.63) is 22.1 Å². The Labute approximate surface area is 101 Å². The molecule has 1 N–H and O–H groups in total. The number of carbonyl (C=O) groups is 1. The molecule has 0 atom stereocenters. The van der Waals surface area contributed by atoms with E-state index in [0.29, 0.717) is 21.0 Å². The number of aromatic nitrogens is 3. The molecule has 2 aromatic rings. The van der Waals surface area contributed by atoms with E-state index in [2.05, 4.69) is 14.7 Å². The molecular formula is C9H8ClN3O2S. The smallest absolute Gasteiger partial charge is 0.325 e. The molecule has 0 spiro atoms. The lowest BCUT2D eigenvalue weighted by Crippen LogP contribution is -2.11. The molecule has 0 amide bonds. The summed E-state index contributed by atoms with van der Waals surface area (Å²) in [4.78, 5) is 18.2. The van der Waals surface area contributed by atoms with E-state index in [1.54, 1.807) is 10.6 Å². The molecule has 0 unspecified atom stereocenters. The number of hydrogen-bond acceptors (Lipinski definition) is 4. The summed E-state index contributed by atoms with van der Waals surface area (Å²) in [5, 5.41) is 0.508. The number of carbonyl (C=O) groups excluding carboxylic acids is 1. The second-order valence-electron chi connectivity index (χ2n) is 3.12. The maximum Gasteiger partial charge on any atom is 0.325 e. The highest BCUT2D eigenvalue weighted by atomic mass is 35.5. The van der Waals surface area contributed by atoms with E-state index in [0.717, 1.165) is 0 Å². The molecule has 0 aliphatic rings. The lowest BCUT2D eigenvalue weighted by Gasteiger charge is -2.01. The van der Waals surface area contributed by atoms with Crippen LogP contribution < -0.4 is 0 Å². The number of halogens is 1. The van der Waals surface area contributed by atoms with Crippen LogP contribution in [0.15, 0.2) is 12.3 Å². The molecule has 0 radical (unpaired) electrons. The number of ether oxygens (including phenoxy) is 1. The van der Waals surface area contributed by atoms with E-state index in [9.17, 15) is 4.79 Å². The van der Waals surface area contributed by atoms with Crippen molar-refractivity contribution in [2.75, 3.05) is 7.11 Å². The van der Waals surface area contributed by atoms with Gasteiger partial charge in [0.15, 0.2) is 10.4 Å². The van der Waals surface area contributed by atoms with Crippen LogP contribution in [-0.4, -0.2) is 27.6 Å². The van der Waals surface area contributed by atoms with E-state index in [1.807, 2.05) is 0 Å². The Morgan fingerprint density at radius 3 is 3.19 bits per heavy atom. The molecule has 2 rings (SSSR count). The highest BCUT2D eigenvalue weighted by Crippen LogP contribution is 2.16. The Morgan fingerprint density at radius 1 is 1.75 bits per heavy atom. The average Bonchev–Trinajstić information content (AvgIpc) is 2.54. The molecule has 0 aliphatic heterocycles. The number of rotatable bonds is 2. The number of nitrogens with one attached hydrogen (secondary N) is 1. The van der Waals surface area contributed by atoms with Crippen LogP contribution in [-0.2, 0) is 16.1 Å². The van der Waals surface area contributed by atoms with Crippen molar-refractivity contribution < 1.29 is 9.53 Å². The minimum Gasteiger partial charge on any atom is -0.468 e. The van der Waals surface area contributed by atoms with E-state index in [4.69, 9.17) is 23.8 Å². The first kappa shape index (κ1) is 11.1. The third-order valence-corrected chi connectivity index (χ3v) is 2.62. The van der Waals surface area contributed by atoms with Crippen LogP contribution in [0.5, 0.6) is 0 Å². The first-order valence-corrected chi connectivity index (χ1v) is 5.21. The fourth-order valence-electron chi connectivity index (χ4n) is 1.36. The third-order valence-electron chi connectivity index (χ3n) is 2.09. The van der Waals surface area contributed by atoms with Crippen molar-refractivity contribution in [2.24, 2.45) is 0 Å². The van der Waals surface area contributed by atoms with E-state index < -0.39 is 0 Å². The van der Waals surface area contributed by atoms with Crippen LogP contribution in [0.25, 0.3) is 11.2 Å². The molecule has 0 aromatic carbocycles. The van der Waals surface area contributed by atoms with Crippen molar-refractivity contribution in [1.82, 2.24) is 14.5 Å². The van der Waals surface area contributed by atoms with Crippen molar-refractivity contribution in [3.63, 3.8) is 0 Å². The van der Waals surface area contributed by atoms with Gasteiger partial charge in [-0.15, -0.1) is 0 Å². The Bertz CT molecular complexity index is 604. The molecule has 16 heavy (non-hydrogen) atoms. The first-order valence-electron chi connectivity index (χ1n) is 4.42. The zero-order chi connectivity index (χ0) is 11.7. The minimum absolute atomic E-state index is 0.0317. The van der Waals surface area contributed by atoms with Crippen LogP contribution >= 0.6 is 23.8 Å². The molecule has 5 nitrogen and oxygen atoms in total. The highest BCUT2D eigenvalue weighted by Gasteiger charge is 2.10. The topological polar surface area (TPSA) is 59.9 Å². The molecule has 0 fully saturated rings. The second kappa shape index (κ2) is 4.23. The van der Waals surface area contributed by atoms with E-state index in [1.165, 1.54) is 13.3 Å². The largest absolute Gasteiger partial charge is 0.468 e. The predicted octanol–water partition coefficient (Wildman–Crippen LogP) is 1.92. The number of esters is 1. The van der Waals surface area contributed by atoms with Crippen LogP contribution in [0.2, 0.25) is 5.02 Å². The van der Waals surface area contributed by atoms with Gasteiger partial charge in [0.1, 0.15) is 6.54 Å². The number of pyridine rings is 1. The summed E-state index contributed by atoms with van der Waals surface area (Å²) in [6.45, 7) is 0.0317. The molecule has 0 saturated carbocycles. The Morgan fingerprint density at radius 2 is 2.50 bits per heavy atom. The van der Waals surface area contributed by atoms with E-state index >= 15 is 0 Å². The first-order chi connectivity index (χ1) is 7.61. The van der Waals surface area contributed by atoms with Gasteiger partial charge in [-0.1, -0.05) is 11.6 Å². The molecule has 0 bridgehead atoms. The SMILES string of the molecule is COC(=O)Cn1c(=S)[nH]c2cc(Cl)cnc21. The van der Waals surface area contributed by atoms with Gasteiger partial charge in [-0.2, -0.15) is 0 Å². The fourth-order valence-corrected chi connectivity index (χ4v) is 1.78. The van der Waals surface area contributed by atoms with Crippen LogP contribution in [0.1, 0.15) is 0 Å². The summed E-state index contributed by atoms with van der Waals surface area (Å²) in [5.74, 6) is -0.381. The predicted molar refractivity (Wildman–Crippen MR) is 61.9 cm³/mol. The number of methoxy groups -OCH3 is 1. The monoisotopic (exact) mass is 257 g/mol. The van der Waals surface area contributed by atoms with Gasteiger partial charge >= 0.3 is 5.97 Å².